The fraction of sp³-hybridized carbons (Fsp3) is 0.333. The minimum Gasteiger partial charge on any atom is -0.495 e. The van der Waals surface area contributed by atoms with E-state index < -0.39 is 5.97 Å². The SMILES string of the molecule is CC[C@H](C)OC(=O)COc1ccc(C(=O)Nc2cc(C)ccc2OC)cc1. The third kappa shape index (κ3) is 6.02. The highest BCUT2D eigenvalue weighted by Crippen LogP contribution is 2.26. The molecule has 0 aromatic heterocycles. The molecule has 2 aromatic carbocycles. The molecule has 0 aliphatic heterocycles. The van der Waals surface area contributed by atoms with E-state index in [4.69, 9.17) is 14.2 Å². The zero-order valence-corrected chi connectivity index (χ0v) is 16.1. The van der Waals surface area contributed by atoms with E-state index in [1.165, 1.54) is 0 Å². The van der Waals surface area contributed by atoms with Crippen LogP contribution in [0.5, 0.6) is 11.5 Å². The summed E-state index contributed by atoms with van der Waals surface area (Å²) >= 11 is 0. The number of rotatable bonds is 8. The lowest BCUT2D eigenvalue weighted by molar-refractivity contribution is -0.150. The van der Waals surface area contributed by atoms with Gasteiger partial charge in [0.15, 0.2) is 6.61 Å². The molecular formula is C21H25NO5. The number of hydrogen-bond donors (Lipinski definition) is 1. The fourth-order valence-electron chi connectivity index (χ4n) is 2.30. The summed E-state index contributed by atoms with van der Waals surface area (Å²) in [4.78, 5) is 24.1. The van der Waals surface area contributed by atoms with Crippen molar-refractivity contribution in [3.63, 3.8) is 0 Å². The maximum absolute atomic E-state index is 12.4. The van der Waals surface area contributed by atoms with Crippen LogP contribution in [-0.4, -0.2) is 31.7 Å². The van der Waals surface area contributed by atoms with Crippen molar-refractivity contribution in [3.8, 4) is 11.5 Å². The molecule has 2 aromatic rings. The molecule has 1 amide bonds. The maximum Gasteiger partial charge on any atom is 0.344 e. The van der Waals surface area contributed by atoms with Gasteiger partial charge in [0.25, 0.3) is 5.91 Å². The summed E-state index contributed by atoms with van der Waals surface area (Å²) in [5.74, 6) is 0.397. The highest BCUT2D eigenvalue weighted by molar-refractivity contribution is 6.05. The summed E-state index contributed by atoms with van der Waals surface area (Å²) in [5.41, 5.74) is 2.09. The number of aryl methyl sites for hydroxylation is 1. The van der Waals surface area contributed by atoms with Crippen molar-refractivity contribution >= 4 is 17.6 Å². The van der Waals surface area contributed by atoms with Gasteiger partial charge in [0, 0.05) is 5.56 Å². The third-order valence-corrected chi connectivity index (χ3v) is 3.98. The quantitative estimate of drug-likeness (QED) is 0.711. The van der Waals surface area contributed by atoms with Gasteiger partial charge in [-0.3, -0.25) is 4.79 Å². The van der Waals surface area contributed by atoms with Crippen molar-refractivity contribution in [3.05, 3.63) is 53.6 Å². The number of esters is 1. The molecule has 0 aliphatic carbocycles. The van der Waals surface area contributed by atoms with Crippen LogP contribution >= 0.6 is 0 Å². The van der Waals surface area contributed by atoms with Crippen LogP contribution in [0.3, 0.4) is 0 Å². The summed E-state index contributed by atoms with van der Waals surface area (Å²) < 4.78 is 15.8. The van der Waals surface area contributed by atoms with Gasteiger partial charge >= 0.3 is 5.97 Å². The lowest BCUT2D eigenvalue weighted by Crippen LogP contribution is -2.20. The van der Waals surface area contributed by atoms with E-state index in [2.05, 4.69) is 5.32 Å². The fourth-order valence-corrected chi connectivity index (χ4v) is 2.30. The van der Waals surface area contributed by atoms with Crippen LogP contribution in [0.1, 0.15) is 36.2 Å². The largest absolute Gasteiger partial charge is 0.495 e. The first-order chi connectivity index (χ1) is 12.9. The lowest BCUT2D eigenvalue weighted by Gasteiger charge is -2.12. The van der Waals surface area contributed by atoms with Crippen LogP contribution in [0.4, 0.5) is 5.69 Å². The Balaban J connectivity index is 1.95. The molecule has 0 saturated heterocycles. The molecule has 2 rings (SSSR count). The van der Waals surface area contributed by atoms with E-state index in [-0.39, 0.29) is 18.6 Å². The second kappa shape index (κ2) is 9.62. The number of amides is 1. The predicted molar refractivity (Wildman–Crippen MR) is 103 cm³/mol. The first kappa shape index (κ1) is 20.3. The van der Waals surface area contributed by atoms with Crippen LogP contribution in [0, 0.1) is 6.92 Å². The highest BCUT2D eigenvalue weighted by Gasteiger charge is 2.11. The van der Waals surface area contributed by atoms with Gasteiger partial charge in [0.1, 0.15) is 11.5 Å². The second-order valence-corrected chi connectivity index (χ2v) is 6.18. The second-order valence-electron chi connectivity index (χ2n) is 6.18. The zero-order chi connectivity index (χ0) is 19.8. The minimum absolute atomic E-state index is 0.134. The number of benzene rings is 2. The van der Waals surface area contributed by atoms with Crippen LogP contribution in [0.25, 0.3) is 0 Å². The first-order valence-corrected chi connectivity index (χ1v) is 8.81. The molecule has 6 nitrogen and oxygen atoms in total. The molecule has 0 aliphatic rings. The molecule has 1 atom stereocenters. The summed E-state index contributed by atoms with van der Waals surface area (Å²) in [6.07, 6.45) is 0.618. The molecule has 0 saturated carbocycles. The van der Waals surface area contributed by atoms with Crippen LogP contribution in [-0.2, 0) is 9.53 Å². The Kier molecular flexibility index (Phi) is 7.23. The van der Waals surface area contributed by atoms with Gasteiger partial charge in [-0.05, 0) is 62.2 Å². The maximum atomic E-state index is 12.4. The standard InChI is InChI=1S/C21H25NO5/c1-5-15(3)27-20(23)13-26-17-9-7-16(8-10-17)21(24)22-18-12-14(2)6-11-19(18)25-4/h6-12,15H,5,13H2,1-4H3,(H,22,24)/t15-/m0/s1. The van der Waals surface area contributed by atoms with E-state index in [0.29, 0.717) is 22.7 Å². The van der Waals surface area contributed by atoms with Crippen molar-refractivity contribution in [2.24, 2.45) is 0 Å². The normalized spacial score (nSPS) is 11.4. The molecule has 0 bridgehead atoms. The van der Waals surface area contributed by atoms with E-state index in [0.717, 1.165) is 12.0 Å². The topological polar surface area (TPSA) is 73.9 Å². The molecule has 27 heavy (non-hydrogen) atoms. The van der Waals surface area contributed by atoms with Crippen molar-refractivity contribution in [2.75, 3.05) is 19.0 Å². The number of nitrogens with one attached hydrogen (secondary N) is 1. The van der Waals surface area contributed by atoms with Crippen LogP contribution in [0.2, 0.25) is 0 Å². The van der Waals surface area contributed by atoms with Crippen LogP contribution < -0.4 is 14.8 Å². The van der Waals surface area contributed by atoms with Gasteiger partial charge in [-0.15, -0.1) is 0 Å². The van der Waals surface area contributed by atoms with E-state index >= 15 is 0 Å². The molecule has 0 spiro atoms. The Morgan fingerprint density at radius 3 is 2.44 bits per heavy atom. The van der Waals surface area contributed by atoms with Crippen molar-refractivity contribution in [1.29, 1.82) is 0 Å². The Morgan fingerprint density at radius 2 is 1.81 bits per heavy atom. The summed E-state index contributed by atoms with van der Waals surface area (Å²) in [6.45, 7) is 5.54. The van der Waals surface area contributed by atoms with E-state index in [9.17, 15) is 9.59 Å². The van der Waals surface area contributed by atoms with Crippen molar-refractivity contribution < 1.29 is 23.8 Å². The molecule has 0 heterocycles. The Labute approximate surface area is 159 Å². The van der Waals surface area contributed by atoms with E-state index in [1.54, 1.807) is 37.4 Å². The van der Waals surface area contributed by atoms with Gasteiger partial charge in [-0.2, -0.15) is 0 Å². The molecule has 1 N–H and O–H groups in total. The molecule has 0 unspecified atom stereocenters. The average Bonchev–Trinajstić information content (AvgIpc) is 2.66. The molecule has 6 heteroatoms. The predicted octanol–water partition coefficient (Wildman–Crippen LogP) is 3.98. The summed E-state index contributed by atoms with van der Waals surface area (Å²) in [6, 6.07) is 12.1. The molecule has 0 radical (unpaired) electrons. The molecular weight excluding hydrogens is 346 g/mol. The van der Waals surface area contributed by atoms with Crippen molar-refractivity contribution in [1.82, 2.24) is 0 Å². The number of anilines is 1. The van der Waals surface area contributed by atoms with Gasteiger partial charge in [0.2, 0.25) is 0 Å². The minimum atomic E-state index is -0.419. The Hall–Kier alpha value is -3.02. The van der Waals surface area contributed by atoms with Gasteiger partial charge in [-0.1, -0.05) is 13.0 Å². The summed E-state index contributed by atoms with van der Waals surface area (Å²) in [5, 5.41) is 2.84. The number of carbonyl (C=O) groups is 2. The average molecular weight is 371 g/mol. The number of methoxy groups -OCH3 is 1. The van der Waals surface area contributed by atoms with Gasteiger partial charge in [-0.25, -0.2) is 4.79 Å². The van der Waals surface area contributed by atoms with Crippen LogP contribution in [0.15, 0.2) is 42.5 Å². The zero-order valence-electron chi connectivity index (χ0n) is 16.1. The summed E-state index contributed by atoms with van der Waals surface area (Å²) in [7, 11) is 1.55. The Bertz CT molecular complexity index is 786. The van der Waals surface area contributed by atoms with Gasteiger partial charge in [0.05, 0.1) is 18.9 Å². The smallest absolute Gasteiger partial charge is 0.344 e. The Morgan fingerprint density at radius 1 is 1.11 bits per heavy atom. The number of ether oxygens (including phenoxy) is 3. The van der Waals surface area contributed by atoms with Crippen molar-refractivity contribution in [2.45, 2.75) is 33.3 Å². The number of carbonyl (C=O) groups excluding carboxylic acids is 2. The third-order valence-electron chi connectivity index (χ3n) is 3.98. The molecule has 0 fully saturated rings. The monoisotopic (exact) mass is 371 g/mol. The highest BCUT2D eigenvalue weighted by atomic mass is 16.6. The van der Waals surface area contributed by atoms with Gasteiger partial charge < -0.3 is 19.5 Å². The number of hydrogen-bond acceptors (Lipinski definition) is 5. The lowest BCUT2D eigenvalue weighted by atomic mass is 10.1. The van der Waals surface area contributed by atoms with E-state index in [1.807, 2.05) is 32.9 Å². The first-order valence-electron chi connectivity index (χ1n) is 8.81. The molecule has 144 valence electrons.